The first-order valence-corrected chi connectivity index (χ1v) is 12.4. The molecule has 8 heteroatoms. The van der Waals surface area contributed by atoms with Crippen LogP contribution in [0.15, 0.2) is 60.7 Å². The molecule has 2 aromatic rings. The van der Waals surface area contributed by atoms with Gasteiger partial charge in [-0.05, 0) is 44.2 Å². The first kappa shape index (κ1) is 29.5. The average Bonchev–Trinajstić information content (AvgIpc) is 2.83. The van der Waals surface area contributed by atoms with Crippen molar-refractivity contribution in [2.75, 3.05) is 0 Å². The summed E-state index contributed by atoms with van der Waals surface area (Å²) in [4.78, 5) is 51.0. The van der Waals surface area contributed by atoms with E-state index in [0.29, 0.717) is 0 Å². The zero-order valence-electron chi connectivity index (χ0n) is 22.2. The van der Waals surface area contributed by atoms with Crippen molar-refractivity contribution in [2.24, 2.45) is 11.8 Å². The fourth-order valence-electron chi connectivity index (χ4n) is 3.57. The number of amides is 1. The van der Waals surface area contributed by atoms with Gasteiger partial charge in [0.1, 0.15) is 36.6 Å². The van der Waals surface area contributed by atoms with E-state index in [4.69, 9.17) is 14.2 Å². The molecule has 1 N–H and O–H groups in total. The van der Waals surface area contributed by atoms with E-state index in [1.807, 2.05) is 36.4 Å². The standard InChI is InChI=1S/C29H37NO7/c1-20(2)25(27(33)37-29(3,4)5)24(31)17-16-23(26(32)35-18-21-12-8-6-9-13-21)30-28(34)36-19-22-14-10-7-11-15-22/h6-15,20,23,25H,16-19H2,1-5H3,(H,30,34)/t23-,25?/m0/s1. The van der Waals surface area contributed by atoms with Crippen LogP contribution in [0.3, 0.4) is 0 Å². The SMILES string of the molecule is CC(C)C(C(=O)CC[C@H](NC(=O)OCc1ccccc1)C(=O)OCc1ccccc1)C(=O)OC(C)(C)C. The molecule has 8 nitrogen and oxygen atoms in total. The van der Waals surface area contributed by atoms with E-state index >= 15 is 0 Å². The maximum Gasteiger partial charge on any atom is 0.408 e. The van der Waals surface area contributed by atoms with Crippen LogP contribution in [0.4, 0.5) is 4.79 Å². The third kappa shape index (κ3) is 10.9. The van der Waals surface area contributed by atoms with Crippen LogP contribution in [-0.4, -0.2) is 35.5 Å². The van der Waals surface area contributed by atoms with Gasteiger partial charge in [0.15, 0.2) is 0 Å². The highest BCUT2D eigenvalue weighted by Crippen LogP contribution is 2.21. The van der Waals surface area contributed by atoms with Crippen molar-refractivity contribution in [3.05, 3.63) is 71.8 Å². The molecular formula is C29H37NO7. The molecule has 0 saturated heterocycles. The molecule has 0 heterocycles. The lowest BCUT2D eigenvalue weighted by atomic mass is 9.88. The van der Waals surface area contributed by atoms with E-state index in [2.05, 4.69) is 5.32 Å². The lowest BCUT2D eigenvalue weighted by molar-refractivity contribution is -0.163. The minimum absolute atomic E-state index is 0.0113. The topological polar surface area (TPSA) is 108 Å². The number of alkyl carbamates (subject to hydrolysis) is 1. The molecule has 2 atom stereocenters. The Morgan fingerprint density at radius 3 is 1.78 bits per heavy atom. The van der Waals surface area contributed by atoms with Gasteiger partial charge in [-0.3, -0.25) is 9.59 Å². The van der Waals surface area contributed by atoms with E-state index in [9.17, 15) is 19.2 Å². The minimum Gasteiger partial charge on any atom is -0.459 e. The number of benzene rings is 2. The fourth-order valence-corrected chi connectivity index (χ4v) is 3.57. The van der Waals surface area contributed by atoms with Crippen molar-refractivity contribution >= 4 is 23.8 Å². The molecule has 0 aliphatic heterocycles. The van der Waals surface area contributed by atoms with Gasteiger partial charge in [-0.2, -0.15) is 0 Å². The molecule has 0 aliphatic rings. The van der Waals surface area contributed by atoms with Gasteiger partial charge in [0.2, 0.25) is 0 Å². The molecule has 0 spiro atoms. The minimum atomic E-state index is -1.14. The Balaban J connectivity index is 2.06. The van der Waals surface area contributed by atoms with Gasteiger partial charge < -0.3 is 19.5 Å². The summed E-state index contributed by atoms with van der Waals surface area (Å²) in [6, 6.07) is 17.1. The summed E-state index contributed by atoms with van der Waals surface area (Å²) in [7, 11) is 0. The van der Waals surface area contributed by atoms with Gasteiger partial charge in [-0.15, -0.1) is 0 Å². The van der Waals surface area contributed by atoms with Gasteiger partial charge in [0, 0.05) is 6.42 Å². The number of carbonyl (C=O) groups excluding carboxylic acids is 4. The van der Waals surface area contributed by atoms with Crippen molar-refractivity contribution in [3.8, 4) is 0 Å². The summed E-state index contributed by atoms with van der Waals surface area (Å²) in [5.41, 5.74) is 0.827. The van der Waals surface area contributed by atoms with Crippen LogP contribution in [0.1, 0.15) is 58.6 Å². The molecule has 2 rings (SSSR count). The maximum absolute atomic E-state index is 13.0. The summed E-state index contributed by atoms with van der Waals surface area (Å²) in [6.45, 7) is 8.75. The van der Waals surface area contributed by atoms with Crippen LogP contribution >= 0.6 is 0 Å². The largest absolute Gasteiger partial charge is 0.459 e. The number of hydrogen-bond acceptors (Lipinski definition) is 7. The third-order valence-corrected chi connectivity index (χ3v) is 5.37. The zero-order chi connectivity index (χ0) is 27.4. The molecule has 0 bridgehead atoms. The molecule has 2 aromatic carbocycles. The van der Waals surface area contributed by atoms with E-state index in [0.717, 1.165) is 11.1 Å². The van der Waals surface area contributed by atoms with Gasteiger partial charge >= 0.3 is 18.0 Å². The molecule has 1 unspecified atom stereocenters. The number of hydrogen-bond donors (Lipinski definition) is 1. The number of carbonyl (C=O) groups is 4. The Kier molecular flexibility index (Phi) is 11.3. The Labute approximate surface area is 218 Å². The number of esters is 2. The molecule has 1 amide bonds. The lowest BCUT2D eigenvalue weighted by Gasteiger charge is -2.25. The smallest absolute Gasteiger partial charge is 0.408 e. The van der Waals surface area contributed by atoms with E-state index in [-0.39, 0.29) is 37.8 Å². The van der Waals surface area contributed by atoms with Crippen molar-refractivity contribution < 1.29 is 33.4 Å². The van der Waals surface area contributed by atoms with E-state index in [1.54, 1.807) is 58.9 Å². The predicted molar refractivity (Wildman–Crippen MR) is 138 cm³/mol. The number of nitrogens with one attached hydrogen (secondary N) is 1. The molecule has 0 saturated carbocycles. The number of ether oxygens (including phenoxy) is 3. The second-order valence-corrected chi connectivity index (χ2v) is 10.1. The average molecular weight is 512 g/mol. The van der Waals surface area contributed by atoms with Crippen LogP contribution in [0, 0.1) is 11.8 Å². The van der Waals surface area contributed by atoms with Gasteiger partial charge in [0.25, 0.3) is 0 Å². The summed E-state index contributed by atoms with van der Waals surface area (Å²) < 4.78 is 16.1. The number of Topliss-reactive ketones (excluding diaryl/α,β-unsaturated/α-hetero) is 1. The zero-order valence-corrected chi connectivity index (χ0v) is 22.2. The van der Waals surface area contributed by atoms with Crippen LogP contribution < -0.4 is 5.32 Å². The first-order valence-electron chi connectivity index (χ1n) is 12.4. The highest BCUT2D eigenvalue weighted by atomic mass is 16.6. The first-order chi connectivity index (χ1) is 17.5. The molecule has 0 radical (unpaired) electrons. The molecule has 200 valence electrons. The van der Waals surface area contributed by atoms with Crippen molar-refractivity contribution in [3.63, 3.8) is 0 Å². The van der Waals surface area contributed by atoms with Crippen molar-refractivity contribution in [1.29, 1.82) is 0 Å². The summed E-state index contributed by atoms with van der Waals surface area (Å²) >= 11 is 0. The van der Waals surface area contributed by atoms with E-state index in [1.165, 1.54) is 0 Å². The van der Waals surface area contributed by atoms with Gasteiger partial charge in [0.05, 0.1) is 0 Å². The number of rotatable bonds is 12. The van der Waals surface area contributed by atoms with Crippen LogP contribution in [0.25, 0.3) is 0 Å². The van der Waals surface area contributed by atoms with Crippen LogP contribution in [-0.2, 0) is 41.8 Å². The molecule has 0 fully saturated rings. The lowest BCUT2D eigenvalue weighted by Crippen LogP contribution is -2.43. The third-order valence-electron chi connectivity index (χ3n) is 5.37. The normalized spacial score (nSPS) is 12.8. The summed E-state index contributed by atoms with van der Waals surface area (Å²) in [5.74, 6) is -2.96. The van der Waals surface area contributed by atoms with Crippen molar-refractivity contribution in [1.82, 2.24) is 5.32 Å². The van der Waals surface area contributed by atoms with Gasteiger partial charge in [-0.25, -0.2) is 9.59 Å². The maximum atomic E-state index is 13.0. The number of ketones is 1. The Morgan fingerprint density at radius 2 is 1.30 bits per heavy atom. The Hall–Kier alpha value is -3.68. The fraction of sp³-hybridized carbons (Fsp3) is 0.448. The van der Waals surface area contributed by atoms with Crippen molar-refractivity contribution in [2.45, 2.75) is 72.3 Å². The Morgan fingerprint density at radius 1 is 0.784 bits per heavy atom. The Bertz CT molecular complexity index is 1030. The predicted octanol–water partition coefficient (Wildman–Crippen LogP) is 4.99. The molecule has 0 aromatic heterocycles. The molecule has 0 aliphatic carbocycles. The summed E-state index contributed by atoms with van der Waals surface area (Å²) in [5, 5.41) is 2.51. The quantitative estimate of drug-likeness (QED) is 0.243. The highest BCUT2D eigenvalue weighted by molar-refractivity contribution is 5.99. The molecule has 37 heavy (non-hydrogen) atoms. The van der Waals surface area contributed by atoms with Crippen LogP contribution in [0.5, 0.6) is 0 Å². The molecular weight excluding hydrogens is 474 g/mol. The van der Waals surface area contributed by atoms with Crippen LogP contribution in [0.2, 0.25) is 0 Å². The summed E-state index contributed by atoms with van der Waals surface area (Å²) in [6.07, 6.45) is -1.00. The van der Waals surface area contributed by atoms with Gasteiger partial charge in [-0.1, -0.05) is 74.5 Å². The monoisotopic (exact) mass is 511 g/mol. The highest BCUT2D eigenvalue weighted by Gasteiger charge is 2.34. The second-order valence-electron chi connectivity index (χ2n) is 10.1. The second kappa shape index (κ2) is 14.2. The van der Waals surface area contributed by atoms with E-state index < -0.39 is 35.6 Å².